The van der Waals surface area contributed by atoms with Crippen molar-refractivity contribution in [3.63, 3.8) is 0 Å². The fourth-order valence-corrected chi connectivity index (χ4v) is 3.50. The van der Waals surface area contributed by atoms with Gasteiger partial charge in [-0.15, -0.1) is 0 Å². The Labute approximate surface area is 153 Å². The van der Waals surface area contributed by atoms with E-state index in [-0.39, 0.29) is 11.6 Å². The van der Waals surface area contributed by atoms with Gasteiger partial charge < -0.3 is 0 Å². The average molecular weight is 371 g/mol. The van der Waals surface area contributed by atoms with Crippen LogP contribution in [-0.2, 0) is 11.3 Å². The molecular weight excluding hydrogens is 358 g/mol. The summed E-state index contributed by atoms with van der Waals surface area (Å²) in [5.74, 6) is -0.316. The maximum atomic E-state index is 12.5. The molecule has 1 N–H and O–H groups in total. The van der Waals surface area contributed by atoms with E-state index in [1.165, 1.54) is 17.2 Å². The molecule has 1 heterocycles. The molecule has 2 aromatic carbocycles. The summed E-state index contributed by atoms with van der Waals surface area (Å²) in [7, 11) is 0. The highest BCUT2D eigenvalue weighted by atomic mass is 32.2. The van der Waals surface area contributed by atoms with Crippen LogP contribution in [0.5, 0.6) is 0 Å². The number of hydrogen-bond donors (Lipinski definition) is 1. The maximum absolute atomic E-state index is 12.5. The highest BCUT2D eigenvalue weighted by Crippen LogP contribution is 2.33. The predicted molar refractivity (Wildman–Crippen MR) is 101 cm³/mol. The van der Waals surface area contributed by atoms with Crippen LogP contribution in [0.1, 0.15) is 11.1 Å². The first kappa shape index (κ1) is 17.3. The zero-order valence-electron chi connectivity index (χ0n) is 12.9. The SMILES string of the molecule is O=C1/C(=C\c2ccccc2[N+](=O)[O-])SC(=S)N1NCc1ccccc1. The number of nitro groups is 1. The zero-order chi connectivity index (χ0) is 17.8. The number of hydrazine groups is 1. The summed E-state index contributed by atoms with van der Waals surface area (Å²) in [4.78, 5) is 23.5. The van der Waals surface area contributed by atoms with Crippen molar-refractivity contribution in [2.75, 3.05) is 0 Å². The lowest BCUT2D eigenvalue weighted by molar-refractivity contribution is -0.385. The summed E-state index contributed by atoms with van der Waals surface area (Å²) in [6.07, 6.45) is 1.50. The van der Waals surface area contributed by atoms with E-state index in [9.17, 15) is 14.9 Å². The minimum Gasteiger partial charge on any atom is -0.267 e. The summed E-state index contributed by atoms with van der Waals surface area (Å²) < 4.78 is 0.366. The highest BCUT2D eigenvalue weighted by Gasteiger charge is 2.32. The first-order valence-electron chi connectivity index (χ1n) is 7.35. The molecular formula is C17H13N3O3S2. The second-order valence-corrected chi connectivity index (χ2v) is 6.83. The van der Waals surface area contributed by atoms with E-state index in [4.69, 9.17) is 12.2 Å². The van der Waals surface area contributed by atoms with Gasteiger partial charge in [-0.25, -0.2) is 10.4 Å². The standard InChI is InChI=1S/C17H13N3O3S2/c21-16-15(10-13-8-4-5-9-14(13)20(22)23)25-17(24)19(16)18-11-12-6-2-1-3-7-12/h1-10,18H,11H2/b15-10+. The molecule has 0 atom stereocenters. The number of nitrogens with zero attached hydrogens (tertiary/aromatic N) is 2. The van der Waals surface area contributed by atoms with Crippen LogP contribution >= 0.6 is 24.0 Å². The molecule has 0 radical (unpaired) electrons. The number of thiocarbonyl (C=S) groups is 1. The molecule has 1 aliphatic rings. The lowest BCUT2D eigenvalue weighted by Crippen LogP contribution is -2.40. The second kappa shape index (κ2) is 7.56. The minimum absolute atomic E-state index is 0.0509. The fourth-order valence-electron chi connectivity index (χ4n) is 2.29. The number of nitrogens with one attached hydrogen (secondary N) is 1. The van der Waals surface area contributed by atoms with E-state index in [1.54, 1.807) is 18.2 Å². The Hall–Kier alpha value is -2.55. The summed E-state index contributed by atoms with van der Waals surface area (Å²) >= 11 is 6.36. The Balaban J connectivity index is 1.78. The van der Waals surface area contributed by atoms with E-state index in [2.05, 4.69) is 5.43 Å². The number of benzene rings is 2. The molecule has 0 unspecified atom stereocenters. The zero-order valence-corrected chi connectivity index (χ0v) is 14.5. The van der Waals surface area contributed by atoms with E-state index in [1.807, 2.05) is 30.3 Å². The van der Waals surface area contributed by atoms with E-state index in [0.717, 1.165) is 17.3 Å². The second-order valence-electron chi connectivity index (χ2n) is 5.15. The third-order valence-corrected chi connectivity index (χ3v) is 4.80. The number of thioether (sulfide) groups is 1. The first-order valence-corrected chi connectivity index (χ1v) is 8.57. The lowest BCUT2D eigenvalue weighted by Gasteiger charge is -2.15. The molecule has 0 spiro atoms. The van der Waals surface area contributed by atoms with Crippen LogP contribution in [0.15, 0.2) is 59.5 Å². The molecule has 126 valence electrons. The van der Waals surface area contributed by atoms with Crippen LogP contribution in [0.4, 0.5) is 5.69 Å². The predicted octanol–water partition coefficient (Wildman–Crippen LogP) is 3.50. The van der Waals surface area contributed by atoms with Crippen LogP contribution in [0.25, 0.3) is 6.08 Å². The maximum Gasteiger partial charge on any atom is 0.280 e. The Bertz CT molecular complexity index is 868. The minimum atomic E-state index is -0.472. The summed E-state index contributed by atoms with van der Waals surface area (Å²) in [6.45, 7) is 0.450. The monoisotopic (exact) mass is 371 g/mol. The molecule has 1 saturated heterocycles. The summed E-state index contributed by atoms with van der Waals surface area (Å²) in [5, 5.41) is 12.4. The quantitative estimate of drug-likeness (QED) is 0.375. The van der Waals surface area contributed by atoms with Crippen molar-refractivity contribution in [3.05, 3.63) is 80.7 Å². The largest absolute Gasteiger partial charge is 0.280 e. The van der Waals surface area contributed by atoms with E-state index in [0.29, 0.717) is 21.3 Å². The summed E-state index contributed by atoms with van der Waals surface area (Å²) in [6, 6.07) is 15.9. The number of para-hydroxylation sites is 1. The van der Waals surface area contributed by atoms with Crippen molar-refractivity contribution in [3.8, 4) is 0 Å². The van der Waals surface area contributed by atoms with Gasteiger partial charge in [0.1, 0.15) is 0 Å². The van der Waals surface area contributed by atoms with E-state index >= 15 is 0 Å². The van der Waals surface area contributed by atoms with Crippen LogP contribution in [0.2, 0.25) is 0 Å². The van der Waals surface area contributed by atoms with Crippen molar-refractivity contribution in [2.45, 2.75) is 6.54 Å². The molecule has 1 fully saturated rings. The molecule has 0 aliphatic carbocycles. The molecule has 0 bridgehead atoms. The van der Waals surface area contributed by atoms with Gasteiger partial charge in [0, 0.05) is 12.6 Å². The molecule has 3 rings (SSSR count). The molecule has 6 nitrogen and oxygen atoms in total. The Morgan fingerprint density at radius 3 is 2.56 bits per heavy atom. The molecule has 25 heavy (non-hydrogen) atoms. The summed E-state index contributed by atoms with van der Waals surface area (Å²) in [5.41, 5.74) is 4.33. The third kappa shape index (κ3) is 3.93. The topological polar surface area (TPSA) is 75.5 Å². The molecule has 1 amide bonds. The normalized spacial score (nSPS) is 15.8. The Morgan fingerprint density at radius 1 is 1.16 bits per heavy atom. The third-order valence-electron chi connectivity index (χ3n) is 3.50. The number of rotatable bonds is 5. The first-order chi connectivity index (χ1) is 12.1. The molecule has 0 saturated carbocycles. The van der Waals surface area contributed by atoms with Crippen LogP contribution in [-0.4, -0.2) is 20.2 Å². The van der Waals surface area contributed by atoms with Crippen LogP contribution < -0.4 is 5.43 Å². The van der Waals surface area contributed by atoms with Gasteiger partial charge in [0.05, 0.1) is 15.4 Å². The number of nitro benzene ring substituents is 1. The van der Waals surface area contributed by atoms with Gasteiger partial charge in [0.2, 0.25) is 0 Å². The Kier molecular flexibility index (Phi) is 5.22. The van der Waals surface area contributed by atoms with Crippen LogP contribution in [0, 0.1) is 10.1 Å². The van der Waals surface area contributed by atoms with Crippen molar-refractivity contribution in [1.29, 1.82) is 0 Å². The molecule has 8 heteroatoms. The smallest absolute Gasteiger partial charge is 0.267 e. The number of amides is 1. The highest BCUT2D eigenvalue weighted by molar-refractivity contribution is 8.26. The van der Waals surface area contributed by atoms with Crippen molar-refractivity contribution in [1.82, 2.24) is 10.4 Å². The Morgan fingerprint density at radius 2 is 1.84 bits per heavy atom. The number of hydrogen-bond acceptors (Lipinski definition) is 6. The number of carbonyl (C=O) groups is 1. The van der Waals surface area contributed by atoms with Gasteiger partial charge in [-0.2, -0.15) is 0 Å². The lowest BCUT2D eigenvalue weighted by atomic mass is 10.1. The van der Waals surface area contributed by atoms with Gasteiger partial charge in [-0.05, 0) is 17.7 Å². The molecule has 2 aromatic rings. The van der Waals surface area contributed by atoms with Crippen molar-refractivity contribution < 1.29 is 9.72 Å². The van der Waals surface area contributed by atoms with Crippen LogP contribution in [0.3, 0.4) is 0 Å². The van der Waals surface area contributed by atoms with Gasteiger partial charge >= 0.3 is 0 Å². The molecule has 1 aliphatic heterocycles. The van der Waals surface area contributed by atoms with Gasteiger partial charge in [0.25, 0.3) is 11.6 Å². The van der Waals surface area contributed by atoms with Gasteiger partial charge in [0.15, 0.2) is 4.32 Å². The van der Waals surface area contributed by atoms with Crippen molar-refractivity contribution >= 4 is 46.0 Å². The fraction of sp³-hybridized carbons (Fsp3) is 0.0588. The van der Waals surface area contributed by atoms with Gasteiger partial charge in [-0.1, -0.05) is 66.4 Å². The number of carbonyl (C=O) groups excluding carboxylic acids is 1. The van der Waals surface area contributed by atoms with Gasteiger partial charge in [-0.3, -0.25) is 14.9 Å². The average Bonchev–Trinajstić information content (AvgIpc) is 2.88. The van der Waals surface area contributed by atoms with E-state index < -0.39 is 4.92 Å². The van der Waals surface area contributed by atoms with Crippen molar-refractivity contribution in [2.24, 2.45) is 0 Å². The molecule has 0 aromatic heterocycles.